The molecule has 1 heterocycles. The van der Waals surface area contributed by atoms with Gasteiger partial charge in [-0.3, -0.25) is 4.79 Å². The topological polar surface area (TPSA) is 46.9 Å². The molecule has 0 bridgehead atoms. The highest BCUT2D eigenvalue weighted by molar-refractivity contribution is 9.10. The number of hydrogen-bond acceptors (Lipinski definition) is 3. The largest absolute Gasteiger partial charge is 0.376 e. The van der Waals surface area contributed by atoms with Crippen LogP contribution in [0.1, 0.15) is 18.5 Å². The minimum absolute atomic E-state index is 0.108. The summed E-state index contributed by atoms with van der Waals surface area (Å²) in [5.41, 5.74) is 0.990. The van der Waals surface area contributed by atoms with Gasteiger partial charge in [-0.1, -0.05) is 18.1 Å². The standard InChI is InChI=1S/C15H13BrFN3O/c1-3-7-20-15(21)14(16)13(9-18-20)19-10(2)11-5-4-6-12(17)8-11/h1,4-6,8-10,19H,7H2,2H3. The summed E-state index contributed by atoms with van der Waals surface area (Å²) in [5.74, 6) is 2.06. The number of aromatic nitrogens is 2. The van der Waals surface area contributed by atoms with E-state index in [4.69, 9.17) is 6.42 Å². The van der Waals surface area contributed by atoms with E-state index in [2.05, 4.69) is 32.3 Å². The predicted molar refractivity (Wildman–Crippen MR) is 83.5 cm³/mol. The summed E-state index contributed by atoms with van der Waals surface area (Å²) in [7, 11) is 0. The number of halogens is 2. The summed E-state index contributed by atoms with van der Waals surface area (Å²) in [6.07, 6.45) is 6.68. The quantitative estimate of drug-likeness (QED) is 0.863. The molecule has 1 aromatic heterocycles. The van der Waals surface area contributed by atoms with Crippen LogP contribution in [0.15, 0.2) is 39.7 Å². The molecule has 1 unspecified atom stereocenters. The van der Waals surface area contributed by atoms with Gasteiger partial charge >= 0.3 is 0 Å². The van der Waals surface area contributed by atoms with Crippen LogP contribution in [-0.4, -0.2) is 9.78 Å². The summed E-state index contributed by atoms with van der Waals surface area (Å²) in [4.78, 5) is 12.0. The Hall–Kier alpha value is -2.13. The van der Waals surface area contributed by atoms with Crippen molar-refractivity contribution >= 4 is 21.6 Å². The first kappa shape index (κ1) is 15.3. The van der Waals surface area contributed by atoms with E-state index in [-0.39, 0.29) is 24.0 Å². The lowest BCUT2D eigenvalue weighted by Gasteiger charge is -2.16. The van der Waals surface area contributed by atoms with Crippen LogP contribution >= 0.6 is 15.9 Å². The van der Waals surface area contributed by atoms with Gasteiger partial charge in [-0.2, -0.15) is 5.10 Å². The fraction of sp³-hybridized carbons (Fsp3) is 0.200. The second kappa shape index (κ2) is 6.55. The first-order chi connectivity index (χ1) is 10.0. The normalized spacial score (nSPS) is 11.7. The summed E-state index contributed by atoms with van der Waals surface area (Å²) >= 11 is 3.24. The van der Waals surface area contributed by atoms with Crippen LogP contribution in [0.3, 0.4) is 0 Å². The molecule has 4 nitrogen and oxygen atoms in total. The average molecular weight is 350 g/mol. The van der Waals surface area contributed by atoms with E-state index in [1.165, 1.54) is 23.0 Å². The molecule has 0 aliphatic carbocycles. The molecule has 21 heavy (non-hydrogen) atoms. The fourth-order valence-corrected chi connectivity index (χ4v) is 2.28. The second-order valence-corrected chi connectivity index (χ2v) is 5.25. The minimum Gasteiger partial charge on any atom is -0.376 e. The summed E-state index contributed by atoms with van der Waals surface area (Å²) in [6.45, 7) is 1.98. The first-order valence-electron chi connectivity index (χ1n) is 6.24. The van der Waals surface area contributed by atoms with Crippen molar-refractivity contribution in [3.05, 3.63) is 56.7 Å². The number of nitrogens with zero attached hydrogens (tertiary/aromatic N) is 2. The Bertz CT molecular complexity index is 751. The second-order valence-electron chi connectivity index (χ2n) is 4.46. The maximum absolute atomic E-state index is 13.2. The van der Waals surface area contributed by atoms with Gasteiger partial charge in [0, 0.05) is 6.04 Å². The molecule has 2 aromatic rings. The van der Waals surface area contributed by atoms with Gasteiger partial charge in [0.1, 0.15) is 16.8 Å². The van der Waals surface area contributed by atoms with Crippen LogP contribution in [0.25, 0.3) is 0 Å². The number of hydrogen-bond donors (Lipinski definition) is 1. The van der Waals surface area contributed by atoms with E-state index in [1.807, 2.05) is 13.0 Å². The molecule has 0 radical (unpaired) electrons. The highest BCUT2D eigenvalue weighted by atomic mass is 79.9. The predicted octanol–water partition coefficient (Wildman–Crippen LogP) is 2.95. The molecule has 0 amide bonds. The maximum atomic E-state index is 13.2. The zero-order valence-corrected chi connectivity index (χ0v) is 12.9. The zero-order chi connectivity index (χ0) is 15.4. The van der Waals surface area contributed by atoms with Gasteiger partial charge in [0.05, 0.1) is 11.9 Å². The average Bonchev–Trinajstić information content (AvgIpc) is 2.47. The van der Waals surface area contributed by atoms with Gasteiger partial charge in [-0.25, -0.2) is 9.07 Å². The van der Waals surface area contributed by atoms with E-state index in [0.29, 0.717) is 10.2 Å². The molecule has 1 N–H and O–H groups in total. The Labute approximate surface area is 130 Å². The third kappa shape index (κ3) is 3.50. The maximum Gasteiger partial charge on any atom is 0.284 e. The number of anilines is 1. The molecule has 0 aliphatic heterocycles. The molecule has 0 aliphatic rings. The molecule has 1 aromatic carbocycles. The van der Waals surface area contributed by atoms with E-state index in [9.17, 15) is 9.18 Å². The molecule has 0 saturated heterocycles. The van der Waals surface area contributed by atoms with Gasteiger partial charge in [0.15, 0.2) is 0 Å². The molecule has 6 heteroatoms. The molecule has 1 atom stereocenters. The van der Waals surface area contributed by atoms with E-state index in [1.54, 1.807) is 6.07 Å². The molecule has 2 rings (SSSR count). The number of benzene rings is 1. The fourth-order valence-electron chi connectivity index (χ4n) is 1.86. The lowest BCUT2D eigenvalue weighted by Crippen LogP contribution is -2.24. The van der Waals surface area contributed by atoms with Crippen LogP contribution in [-0.2, 0) is 6.54 Å². The Morgan fingerprint density at radius 1 is 1.57 bits per heavy atom. The van der Waals surface area contributed by atoms with Crippen molar-refractivity contribution in [2.75, 3.05) is 5.32 Å². The van der Waals surface area contributed by atoms with Gasteiger partial charge < -0.3 is 5.32 Å². The number of terminal acetylenes is 1. The smallest absolute Gasteiger partial charge is 0.284 e. The van der Waals surface area contributed by atoms with Crippen molar-refractivity contribution < 1.29 is 4.39 Å². The Morgan fingerprint density at radius 3 is 3.00 bits per heavy atom. The lowest BCUT2D eigenvalue weighted by molar-refractivity contribution is 0.623. The molecular weight excluding hydrogens is 337 g/mol. The Balaban J connectivity index is 2.26. The lowest BCUT2D eigenvalue weighted by atomic mass is 10.1. The zero-order valence-electron chi connectivity index (χ0n) is 11.3. The highest BCUT2D eigenvalue weighted by Crippen LogP contribution is 2.23. The molecule has 0 saturated carbocycles. The van der Waals surface area contributed by atoms with Crippen LogP contribution in [0.4, 0.5) is 10.1 Å². The molecule has 108 valence electrons. The summed E-state index contributed by atoms with van der Waals surface area (Å²) in [5, 5.41) is 7.11. The van der Waals surface area contributed by atoms with Crippen molar-refractivity contribution in [1.82, 2.24) is 9.78 Å². The van der Waals surface area contributed by atoms with Crippen molar-refractivity contribution in [3.8, 4) is 12.3 Å². The SMILES string of the molecule is C#CCn1ncc(NC(C)c2cccc(F)c2)c(Br)c1=O. The molecule has 0 fully saturated rings. The Morgan fingerprint density at radius 2 is 2.33 bits per heavy atom. The van der Waals surface area contributed by atoms with Crippen molar-refractivity contribution in [3.63, 3.8) is 0 Å². The van der Waals surface area contributed by atoms with E-state index >= 15 is 0 Å². The Kier molecular flexibility index (Phi) is 4.76. The van der Waals surface area contributed by atoms with Gasteiger partial charge in [0.2, 0.25) is 0 Å². The van der Waals surface area contributed by atoms with E-state index < -0.39 is 0 Å². The third-order valence-electron chi connectivity index (χ3n) is 2.95. The van der Waals surface area contributed by atoms with Crippen molar-refractivity contribution in [2.24, 2.45) is 0 Å². The van der Waals surface area contributed by atoms with Crippen LogP contribution in [0, 0.1) is 18.2 Å². The highest BCUT2D eigenvalue weighted by Gasteiger charge is 2.12. The van der Waals surface area contributed by atoms with Crippen LogP contribution < -0.4 is 10.9 Å². The minimum atomic E-state index is -0.315. The van der Waals surface area contributed by atoms with Crippen molar-refractivity contribution in [1.29, 1.82) is 0 Å². The number of rotatable bonds is 4. The van der Waals surface area contributed by atoms with E-state index in [0.717, 1.165) is 5.56 Å². The van der Waals surface area contributed by atoms with Gasteiger partial charge in [-0.05, 0) is 40.5 Å². The summed E-state index contributed by atoms with van der Waals surface area (Å²) < 4.78 is 14.8. The first-order valence-corrected chi connectivity index (χ1v) is 7.03. The van der Waals surface area contributed by atoms with Crippen LogP contribution in [0.2, 0.25) is 0 Å². The van der Waals surface area contributed by atoms with Crippen molar-refractivity contribution in [2.45, 2.75) is 19.5 Å². The molecular formula is C15H13BrFN3O. The number of nitrogens with one attached hydrogen (secondary N) is 1. The molecule has 0 spiro atoms. The third-order valence-corrected chi connectivity index (χ3v) is 3.71. The monoisotopic (exact) mass is 349 g/mol. The van der Waals surface area contributed by atoms with Gasteiger partial charge in [-0.15, -0.1) is 6.42 Å². The van der Waals surface area contributed by atoms with Gasteiger partial charge in [0.25, 0.3) is 5.56 Å². The summed E-state index contributed by atoms with van der Waals surface area (Å²) in [6, 6.07) is 6.09. The van der Waals surface area contributed by atoms with Crippen LogP contribution in [0.5, 0.6) is 0 Å².